The molecular formula is C38H55Br2NO4. The molecule has 0 heterocycles. The Labute approximate surface area is 288 Å². The van der Waals surface area contributed by atoms with E-state index in [1.807, 2.05) is 18.2 Å². The van der Waals surface area contributed by atoms with Crippen LogP contribution in [-0.4, -0.2) is 41.8 Å². The first-order valence-electron chi connectivity index (χ1n) is 17.6. The third-order valence-corrected chi connectivity index (χ3v) is 13.2. The van der Waals surface area contributed by atoms with E-state index < -0.39 is 0 Å². The maximum Gasteiger partial charge on any atom is 0.343 e. The van der Waals surface area contributed by atoms with Gasteiger partial charge in [0.25, 0.3) is 0 Å². The maximum absolute atomic E-state index is 13.7. The Kier molecular flexibility index (Phi) is 11.5. The van der Waals surface area contributed by atoms with E-state index in [0.29, 0.717) is 35.2 Å². The minimum Gasteiger partial charge on any atom is -0.462 e. The Balaban J connectivity index is 1.40. The molecule has 5 rings (SSSR count). The van der Waals surface area contributed by atoms with E-state index in [1.165, 1.54) is 37.7 Å². The molecule has 0 bridgehead atoms. The Morgan fingerprint density at radius 2 is 1.76 bits per heavy atom. The van der Waals surface area contributed by atoms with Gasteiger partial charge >= 0.3 is 11.9 Å². The van der Waals surface area contributed by atoms with E-state index in [2.05, 4.69) is 71.4 Å². The molecule has 0 radical (unpaired) electrons. The zero-order valence-electron chi connectivity index (χ0n) is 28.3. The first kappa shape index (κ1) is 35.0. The number of unbranched alkanes of at least 4 members (excludes halogenated alkanes) is 2. The number of nitrogens with zero attached hydrogens (tertiary/aromatic N) is 1. The first-order valence-corrected chi connectivity index (χ1v) is 19.9. The minimum absolute atomic E-state index is 0.0193. The molecule has 45 heavy (non-hydrogen) atoms. The molecule has 0 saturated heterocycles. The number of hydrogen-bond acceptors (Lipinski definition) is 5. The Bertz CT molecular complexity index is 1260. The summed E-state index contributed by atoms with van der Waals surface area (Å²) < 4.78 is 12.8. The van der Waals surface area contributed by atoms with Crippen LogP contribution in [-0.2, 0) is 14.3 Å². The number of rotatable bonds is 12. The van der Waals surface area contributed by atoms with Crippen LogP contribution in [0.5, 0.6) is 0 Å². The minimum atomic E-state index is -0.279. The molecular weight excluding hydrogens is 694 g/mol. The van der Waals surface area contributed by atoms with Gasteiger partial charge in [0.05, 0.1) is 5.56 Å². The lowest BCUT2D eigenvalue weighted by atomic mass is 9.44. The summed E-state index contributed by atoms with van der Waals surface area (Å²) in [6.07, 6.45) is 12.5. The summed E-state index contributed by atoms with van der Waals surface area (Å²) in [5.74, 6) is 2.38. The monoisotopic (exact) mass is 747 g/mol. The van der Waals surface area contributed by atoms with Crippen molar-refractivity contribution in [1.29, 1.82) is 0 Å². The second-order valence-electron chi connectivity index (χ2n) is 15.0. The third-order valence-electron chi connectivity index (χ3n) is 12.5. The summed E-state index contributed by atoms with van der Waals surface area (Å²) in [4.78, 5) is 29.1. The first-order chi connectivity index (χ1) is 21.6. The average Bonchev–Trinajstić information content (AvgIpc) is 3.41. The summed E-state index contributed by atoms with van der Waals surface area (Å²) in [7, 11) is 0. The molecule has 0 N–H and O–H groups in total. The van der Waals surface area contributed by atoms with Crippen molar-refractivity contribution in [1.82, 2.24) is 0 Å². The fraction of sp³-hybridized carbons (Fsp3) is 0.737. The van der Waals surface area contributed by atoms with Crippen LogP contribution >= 0.6 is 31.9 Å². The number of hydrogen-bond donors (Lipinski definition) is 0. The second-order valence-corrected chi connectivity index (χ2v) is 16.6. The lowest BCUT2D eigenvalue weighted by Crippen LogP contribution is -2.58. The van der Waals surface area contributed by atoms with Gasteiger partial charge in [0.1, 0.15) is 11.9 Å². The topological polar surface area (TPSA) is 55.8 Å². The van der Waals surface area contributed by atoms with Crippen LogP contribution in [0.4, 0.5) is 5.69 Å². The highest BCUT2D eigenvalue weighted by Gasteiger charge is 2.62. The van der Waals surface area contributed by atoms with Crippen molar-refractivity contribution in [2.45, 2.75) is 118 Å². The van der Waals surface area contributed by atoms with E-state index in [1.54, 1.807) is 0 Å². The molecule has 3 fully saturated rings. The fourth-order valence-electron chi connectivity index (χ4n) is 10.0. The van der Waals surface area contributed by atoms with Gasteiger partial charge in [-0.05, 0) is 111 Å². The van der Waals surface area contributed by atoms with E-state index in [-0.39, 0.29) is 29.4 Å². The average molecular weight is 750 g/mol. The predicted molar refractivity (Wildman–Crippen MR) is 190 cm³/mol. The number of aryl methyl sites for hydroxylation is 1. The Hall–Kier alpha value is -1.34. The molecule has 7 atom stereocenters. The predicted octanol–water partition coefficient (Wildman–Crippen LogP) is 10.2. The summed E-state index contributed by atoms with van der Waals surface area (Å²) >= 11 is 7.16. The van der Waals surface area contributed by atoms with Crippen molar-refractivity contribution in [3.05, 3.63) is 40.7 Å². The van der Waals surface area contributed by atoms with Crippen LogP contribution in [0.3, 0.4) is 0 Å². The number of benzene rings is 1. The van der Waals surface area contributed by atoms with Gasteiger partial charge in [0, 0.05) is 48.2 Å². The van der Waals surface area contributed by atoms with Crippen molar-refractivity contribution < 1.29 is 19.1 Å². The molecule has 0 aromatic heterocycles. The van der Waals surface area contributed by atoms with Crippen LogP contribution in [0.15, 0.2) is 29.5 Å². The van der Waals surface area contributed by atoms with Crippen LogP contribution in [0.2, 0.25) is 0 Å². The summed E-state index contributed by atoms with van der Waals surface area (Å²) in [5, 5.41) is 1.72. The molecule has 0 amide bonds. The van der Waals surface area contributed by atoms with E-state index in [0.717, 1.165) is 79.3 Å². The highest BCUT2D eigenvalue weighted by atomic mass is 79.9. The van der Waals surface area contributed by atoms with Crippen molar-refractivity contribution in [3.63, 3.8) is 0 Å². The molecule has 4 aliphatic rings. The lowest BCUT2D eigenvalue weighted by Gasteiger charge is -2.61. The van der Waals surface area contributed by atoms with Crippen LogP contribution in [0, 0.1) is 41.4 Å². The molecule has 1 aromatic rings. The molecule has 1 aromatic carbocycles. The Morgan fingerprint density at radius 1 is 1.00 bits per heavy atom. The largest absolute Gasteiger partial charge is 0.462 e. The number of ether oxygens (including phenoxy) is 2. The number of alkyl halides is 2. The Morgan fingerprint density at radius 3 is 2.47 bits per heavy atom. The highest BCUT2D eigenvalue weighted by molar-refractivity contribution is 9.09. The van der Waals surface area contributed by atoms with Crippen molar-refractivity contribution in [3.8, 4) is 0 Å². The van der Waals surface area contributed by atoms with E-state index in [9.17, 15) is 9.59 Å². The van der Waals surface area contributed by atoms with Gasteiger partial charge in [0.15, 0.2) is 0 Å². The van der Waals surface area contributed by atoms with Gasteiger partial charge in [-0.25, -0.2) is 4.79 Å². The molecule has 7 heteroatoms. The van der Waals surface area contributed by atoms with Gasteiger partial charge in [-0.1, -0.05) is 78.0 Å². The number of anilines is 1. The second kappa shape index (κ2) is 14.8. The van der Waals surface area contributed by atoms with Gasteiger partial charge < -0.3 is 14.4 Å². The normalized spacial score (nSPS) is 32.4. The zero-order chi connectivity index (χ0) is 32.4. The zero-order valence-corrected chi connectivity index (χ0v) is 31.4. The van der Waals surface area contributed by atoms with Crippen molar-refractivity contribution in [2.75, 3.05) is 28.6 Å². The van der Waals surface area contributed by atoms with Crippen LogP contribution in [0.1, 0.15) is 121 Å². The summed E-state index contributed by atoms with van der Waals surface area (Å²) in [6.45, 7) is 13.2. The van der Waals surface area contributed by atoms with Gasteiger partial charge in [-0.15, -0.1) is 0 Å². The number of allylic oxidation sites excluding steroid dienone is 2. The number of halogens is 2. The number of carbonyl (C=O) groups is 2. The molecule has 0 spiro atoms. The van der Waals surface area contributed by atoms with Gasteiger partial charge in [0.2, 0.25) is 0 Å². The molecule has 1 unspecified atom stereocenters. The van der Waals surface area contributed by atoms with Crippen molar-refractivity contribution in [2.24, 2.45) is 34.5 Å². The van der Waals surface area contributed by atoms with E-state index in [4.69, 9.17) is 9.47 Å². The summed E-state index contributed by atoms with van der Waals surface area (Å²) in [6, 6.07) is 5.91. The number of esters is 2. The van der Waals surface area contributed by atoms with Crippen molar-refractivity contribution >= 4 is 49.5 Å². The number of fused-ring (bicyclic) bond motifs is 5. The number of carbonyl (C=O) groups excluding carboxylic acids is 2. The summed E-state index contributed by atoms with van der Waals surface area (Å²) in [5.41, 5.74) is 4.51. The quantitative estimate of drug-likeness (QED) is 0.121. The molecule has 4 aliphatic carbocycles. The lowest BCUT2D eigenvalue weighted by molar-refractivity contribution is -0.182. The van der Waals surface area contributed by atoms with E-state index >= 15 is 0 Å². The fourth-order valence-corrected chi connectivity index (χ4v) is 10.9. The molecule has 0 aliphatic heterocycles. The smallest absolute Gasteiger partial charge is 0.343 e. The third kappa shape index (κ3) is 7.10. The highest BCUT2D eigenvalue weighted by Crippen LogP contribution is 2.67. The van der Waals surface area contributed by atoms with Crippen LogP contribution in [0.25, 0.3) is 0 Å². The maximum atomic E-state index is 13.7. The molecule has 250 valence electrons. The van der Waals surface area contributed by atoms with Gasteiger partial charge in [-0.2, -0.15) is 0 Å². The van der Waals surface area contributed by atoms with Crippen LogP contribution < -0.4 is 4.90 Å². The van der Waals surface area contributed by atoms with Gasteiger partial charge in [-0.3, -0.25) is 4.79 Å². The standard InChI is InChI=1S/C38H55Br2NO4/c1-6-7-8-11-34(42)44-33-24-30-26(3)32(15-18-38(30,5)29-14-17-37(4)16-9-10-28(37)35(29)33)45-36(43)27-13-12-25(2)31(23-27)41(21-19-39)22-20-40/h12-13,23,28-30,33,35H,6-11,14-22,24H2,1-5H3/t28-,29-,30?,33-,35-,37-,38+/m0/s1. The SMILES string of the molecule is CCCCCC(=O)O[C@H]1CC2C(C)=C(OC(=O)c3ccc(C)c(N(CCBr)CCBr)c3)CC[C@]2(C)[C@H]2CC[C@]3(C)CCC[C@H]3[C@H]12. The molecule has 3 saturated carbocycles. The molecule has 5 nitrogen and oxygen atoms in total.